The van der Waals surface area contributed by atoms with Gasteiger partial charge in [-0.2, -0.15) is 0 Å². The Hall–Kier alpha value is -2.52. The van der Waals surface area contributed by atoms with E-state index in [4.69, 9.17) is 0 Å². The third kappa shape index (κ3) is 5.01. The van der Waals surface area contributed by atoms with Gasteiger partial charge in [-0.05, 0) is 36.2 Å². The topological polar surface area (TPSA) is 29.0 Å². The van der Waals surface area contributed by atoms with E-state index >= 15 is 0 Å². The smallest absolute Gasteiger partial charge is 0.0544 e. The summed E-state index contributed by atoms with van der Waals surface area (Å²) in [5.41, 5.74) is 3.55. The molecule has 3 aromatic rings. The molecule has 0 fully saturated rings. The number of rotatable bonds is 7. The molecule has 2 aromatic heterocycles. The Morgan fingerprint density at radius 1 is 0.652 bits per heavy atom. The Morgan fingerprint density at radius 3 is 1.74 bits per heavy atom. The van der Waals surface area contributed by atoms with E-state index in [1.807, 2.05) is 36.7 Å². The minimum atomic E-state index is 0.838. The third-order valence-corrected chi connectivity index (χ3v) is 3.78. The third-order valence-electron chi connectivity index (χ3n) is 3.78. The lowest BCUT2D eigenvalue weighted by atomic mass is 10.1. The van der Waals surface area contributed by atoms with Gasteiger partial charge in [0.25, 0.3) is 0 Å². The fourth-order valence-corrected chi connectivity index (χ4v) is 2.59. The van der Waals surface area contributed by atoms with Crippen molar-refractivity contribution in [1.29, 1.82) is 0 Å². The van der Waals surface area contributed by atoms with Crippen molar-refractivity contribution in [3.05, 3.63) is 96.1 Å². The van der Waals surface area contributed by atoms with E-state index in [9.17, 15) is 0 Å². The van der Waals surface area contributed by atoms with Crippen LogP contribution in [0.2, 0.25) is 0 Å². The average molecular weight is 303 g/mol. The molecular formula is C20H21N3. The van der Waals surface area contributed by atoms with Crippen LogP contribution in [0, 0.1) is 0 Å². The van der Waals surface area contributed by atoms with Gasteiger partial charge in [0.2, 0.25) is 0 Å². The van der Waals surface area contributed by atoms with Crippen LogP contribution >= 0.6 is 0 Å². The van der Waals surface area contributed by atoms with E-state index in [1.54, 1.807) is 0 Å². The summed E-state index contributed by atoms with van der Waals surface area (Å²) in [5.74, 6) is 0. The highest BCUT2D eigenvalue weighted by molar-refractivity contribution is 5.15. The predicted molar refractivity (Wildman–Crippen MR) is 92.7 cm³/mol. The SMILES string of the molecule is c1ccc(CCN(Cc2ccccn2)Cc2ccccn2)cc1. The number of hydrogen-bond acceptors (Lipinski definition) is 3. The van der Waals surface area contributed by atoms with Gasteiger partial charge in [-0.3, -0.25) is 14.9 Å². The Labute approximate surface area is 137 Å². The number of aromatic nitrogens is 2. The Balaban J connectivity index is 1.67. The Kier molecular flexibility index (Phi) is 5.48. The largest absolute Gasteiger partial charge is 0.291 e. The molecule has 0 aliphatic carbocycles. The van der Waals surface area contributed by atoms with Crippen molar-refractivity contribution < 1.29 is 0 Å². The molecule has 3 nitrogen and oxygen atoms in total. The maximum atomic E-state index is 4.45. The summed E-state index contributed by atoms with van der Waals surface area (Å²) in [6, 6.07) is 22.8. The van der Waals surface area contributed by atoms with Gasteiger partial charge >= 0.3 is 0 Å². The van der Waals surface area contributed by atoms with Gasteiger partial charge in [0, 0.05) is 32.0 Å². The highest BCUT2D eigenvalue weighted by Crippen LogP contribution is 2.09. The molecule has 0 N–H and O–H groups in total. The normalized spacial score (nSPS) is 10.8. The molecule has 0 spiro atoms. The summed E-state index contributed by atoms with van der Waals surface area (Å²) in [6.45, 7) is 2.66. The molecule has 116 valence electrons. The maximum absolute atomic E-state index is 4.45. The summed E-state index contributed by atoms with van der Waals surface area (Å²) in [4.78, 5) is 11.3. The van der Waals surface area contributed by atoms with Gasteiger partial charge in [0.15, 0.2) is 0 Å². The fraction of sp³-hybridized carbons (Fsp3) is 0.200. The second-order valence-corrected chi connectivity index (χ2v) is 5.59. The van der Waals surface area contributed by atoms with Crippen LogP contribution in [-0.4, -0.2) is 21.4 Å². The van der Waals surface area contributed by atoms with Crippen molar-refractivity contribution in [3.63, 3.8) is 0 Å². The average Bonchev–Trinajstić information content (AvgIpc) is 2.62. The lowest BCUT2D eigenvalue weighted by Gasteiger charge is -2.21. The van der Waals surface area contributed by atoms with Crippen molar-refractivity contribution in [2.75, 3.05) is 6.54 Å². The molecule has 23 heavy (non-hydrogen) atoms. The van der Waals surface area contributed by atoms with E-state index in [0.717, 1.165) is 37.4 Å². The van der Waals surface area contributed by atoms with Gasteiger partial charge in [-0.25, -0.2) is 0 Å². The quantitative estimate of drug-likeness (QED) is 0.666. The molecule has 3 heteroatoms. The lowest BCUT2D eigenvalue weighted by Crippen LogP contribution is -2.26. The molecular weight excluding hydrogens is 282 g/mol. The summed E-state index contributed by atoms with van der Waals surface area (Å²) >= 11 is 0. The van der Waals surface area contributed by atoms with Crippen molar-refractivity contribution in [2.45, 2.75) is 19.5 Å². The second kappa shape index (κ2) is 8.20. The first-order valence-electron chi connectivity index (χ1n) is 7.96. The molecule has 0 radical (unpaired) electrons. The van der Waals surface area contributed by atoms with Crippen molar-refractivity contribution in [2.24, 2.45) is 0 Å². The summed E-state index contributed by atoms with van der Waals surface area (Å²) in [7, 11) is 0. The Bertz CT molecular complexity index is 642. The van der Waals surface area contributed by atoms with E-state index in [-0.39, 0.29) is 0 Å². The maximum Gasteiger partial charge on any atom is 0.0544 e. The molecule has 0 aliphatic rings. The van der Waals surface area contributed by atoms with Gasteiger partial charge in [-0.1, -0.05) is 42.5 Å². The van der Waals surface area contributed by atoms with E-state index in [1.165, 1.54) is 5.56 Å². The summed E-state index contributed by atoms with van der Waals surface area (Å²) in [5, 5.41) is 0. The molecule has 0 bridgehead atoms. The van der Waals surface area contributed by atoms with Crippen molar-refractivity contribution in [1.82, 2.24) is 14.9 Å². The molecule has 0 atom stereocenters. The predicted octanol–water partition coefficient (Wildman–Crippen LogP) is 3.72. The van der Waals surface area contributed by atoms with Gasteiger partial charge in [0.1, 0.15) is 0 Å². The lowest BCUT2D eigenvalue weighted by molar-refractivity contribution is 0.254. The Morgan fingerprint density at radius 2 is 1.22 bits per heavy atom. The van der Waals surface area contributed by atoms with Crippen molar-refractivity contribution >= 4 is 0 Å². The molecule has 0 unspecified atom stereocenters. The molecule has 1 aromatic carbocycles. The van der Waals surface area contributed by atoms with Crippen LogP contribution in [0.1, 0.15) is 17.0 Å². The van der Waals surface area contributed by atoms with Crippen LogP contribution in [0.25, 0.3) is 0 Å². The number of benzene rings is 1. The van der Waals surface area contributed by atoms with Crippen LogP contribution in [-0.2, 0) is 19.5 Å². The fourth-order valence-electron chi connectivity index (χ4n) is 2.59. The van der Waals surface area contributed by atoms with E-state index in [2.05, 4.69) is 57.3 Å². The number of hydrogen-bond donors (Lipinski definition) is 0. The van der Waals surface area contributed by atoms with Gasteiger partial charge < -0.3 is 0 Å². The van der Waals surface area contributed by atoms with E-state index in [0.29, 0.717) is 0 Å². The zero-order chi connectivity index (χ0) is 15.7. The first kappa shape index (κ1) is 15.4. The molecule has 0 saturated heterocycles. The zero-order valence-electron chi connectivity index (χ0n) is 13.2. The first-order valence-corrected chi connectivity index (χ1v) is 7.96. The molecule has 0 saturated carbocycles. The minimum Gasteiger partial charge on any atom is -0.291 e. The number of nitrogens with zero attached hydrogens (tertiary/aromatic N) is 3. The molecule has 2 heterocycles. The summed E-state index contributed by atoms with van der Waals surface area (Å²) in [6.07, 6.45) is 4.73. The van der Waals surface area contributed by atoms with Gasteiger partial charge in [-0.15, -0.1) is 0 Å². The monoisotopic (exact) mass is 303 g/mol. The van der Waals surface area contributed by atoms with Crippen LogP contribution in [0.4, 0.5) is 0 Å². The molecule has 3 rings (SSSR count). The molecule has 0 amide bonds. The van der Waals surface area contributed by atoms with E-state index < -0.39 is 0 Å². The zero-order valence-corrected chi connectivity index (χ0v) is 13.2. The van der Waals surface area contributed by atoms with Crippen LogP contribution in [0.15, 0.2) is 79.1 Å². The van der Waals surface area contributed by atoms with Crippen molar-refractivity contribution in [3.8, 4) is 0 Å². The molecule has 0 aliphatic heterocycles. The van der Waals surface area contributed by atoms with Crippen LogP contribution < -0.4 is 0 Å². The standard InChI is InChI=1S/C20H21N3/c1-2-8-18(9-3-1)12-15-23(16-19-10-4-6-13-21-19)17-20-11-5-7-14-22-20/h1-11,13-14H,12,15-17H2. The minimum absolute atomic E-state index is 0.838. The van der Waals surface area contributed by atoms with Crippen LogP contribution in [0.3, 0.4) is 0 Å². The number of pyridine rings is 2. The highest BCUT2D eigenvalue weighted by atomic mass is 15.1. The van der Waals surface area contributed by atoms with Gasteiger partial charge in [0.05, 0.1) is 11.4 Å². The highest BCUT2D eigenvalue weighted by Gasteiger charge is 2.09. The summed E-state index contributed by atoms with van der Waals surface area (Å²) < 4.78 is 0. The second-order valence-electron chi connectivity index (χ2n) is 5.59. The first-order chi connectivity index (χ1) is 11.4. The van der Waals surface area contributed by atoms with Crippen LogP contribution in [0.5, 0.6) is 0 Å².